The van der Waals surface area contributed by atoms with Crippen molar-refractivity contribution >= 4 is 33.5 Å². The van der Waals surface area contributed by atoms with Crippen LogP contribution in [0.5, 0.6) is 0 Å². The van der Waals surface area contributed by atoms with E-state index in [-0.39, 0.29) is 20.4 Å². The molecular formula is C10H5Cl2F3N2O2S. The van der Waals surface area contributed by atoms with Gasteiger partial charge in [-0.2, -0.15) is 21.6 Å². The van der Waals surface area contributed by atoms with Crippen LogP contribution in [0, 0.1) is 4.64 Å². The van der Waals surface area contributed by atoms with Gasteiger partial charge < -0.3 is 0 Å². The van der Waals surface area contributed by atoms with Gasteiger partial charge in [-0.05, 0) is 18.2 Å². The molecule has 0 bridgehead atoms. The molecule has 0 fully saturated rings. The summed E-state index contributed by atoms with van der Waals surface area (Å²) in [7, 11) is -2.51. The zero-order chi connectivity index (χ0) is 15.1. The fraction of sp³-hybridized carbons (Fsp3) is 0.100. The predicted molar refractivity (Wildman–Crippen MR) is 67.3 cm³/mol. The number of benzene rings is 1. The fourth-order valence-electron chi connectivity index (χ4n) is 1.52. The molecule has 4 nitrogen and oxygen atoms in total. The molecule has 1 heterocycles. The lowest BCUT2D eigenvalue weighted by Crippen LogP contribution is -2.06. The van der Waals surface area contributed by atoms with Crippen molar-refractivity contribution in [3.63, 3.8) is 0 Å². The Bertz CT molecular complexity index is 806. The molecule has 1 aromatic heterocycles. The zero-order valence-corrected chi connectivity index (χ0v) is 11.7. The monoisotopic (exact) mass is 344 g/mol. The Morgan fingerprint density at radius 3 is 2.10 bits per heavy atom. The number of halogens is 5. The van der Waals surface area contributed by atoms with Gasteiger partial charge in [0, 0.05) is 6.20 Å². The molecule has 1 N–H and O–H groups in total. The van der Waals surface area contributed by atoms with Gasteiger partial charge >= 0.3 is 6.18 Å². The first-order chi connectivity index (χ1) is 9.20. The molecule has 20 heavy (non-hydrogen) atoms. The minimum Gasteiger partial charge on any atom is -0.280 e. The van der Waals surface area contributed by atoms with Crippen molar-refractivity contribution in [2.24, 2.45) is 0 Å². The summed E-state index contributed by atoms with van der Waals surface area (Å²) in [4.78, 5) is 0. The second-order valence-corrected chi connectivity index (χ2v) is 5.41. The topological polar surface area (TPSA) is 54.9 Å². The Labute approximate surface area is 121 Å². The summed E-state index contributed by atoms with van der Waals surface area (Å²) in [5.74, 6) is 0. The number of alkyl halides is 3. The van der Waals surface area contributed by atoms with Gasteiger partial charge in [-0.3, -0.25) is 9.78 Å². The van der Waals surface area contributed by atoms with Crippen molar-refractivity contribution < 1.29 is 21.6 Å². The van der Waals surface area contributed by atoms with E-state index in [1.54, 1.807) is 0 Å². The number of hydrogen-bond acceptors (Lipinski definition) is 2. The maximum Gasteiger partial charge on any atom is 0.416 e. The standard InChI is InChI=1S/C10H5Cl2F3N2O2S/c11-6-3-5(10(13,14)15)4-7(12)9(6)17-2-1-8(16-17)20(18)19/h1-4,16H. The number of rotatable bonds is 1. The van der Waals surface area contributed by atoms with Gasteiger partial charge in [0.2, 0.25) is 10.3 Å². The van der Waals surface area contributed by atoms with Gasteiger partial charge in [0.1, 0.15) is 0 Å². The number of hydrogen-bond donors (Lipinski definition) is 1. The largest absolute Gasteiger partial charge is 0.416 e. The zero-order valence-electron chi connectivity index (χ0n) is 9.37. The molecule has 0 spiro atoms. The lowest BCUT2D eigenvalue weighted by molar-refractivity contribution is -0.137. The van der Waals surface area contributed by atoms with E-state index in [0.717, 1.165) is 4.68 Å². The highest BCUT2D eigenvalue weighted by Gasteiger charge is 2.32. The van der Waals surface area contributed by atoms with E-state index in [4.69, 9.17) is 23.2 Å². The van der Waals surface area contributed by atoms with Crippen LogP contribution in [-0.2, 0) is 16.5 Å². The van der Waals surface area contributed by atoms with Crippen molar-refractivity contribution in [1.29, 1.82) is 0 Å². The van der Waals surface area contributed by atoms with Crippen molar-refractivity contribution in [1.82, 2.24) is 9.78 Å². The number of nitrogens with one attached hydrogen (secondary N) is 1. The molecule has 0 saturated carbocycles. The Hall–Kier alpha value is -1.38. The lowest BCUT2D eigenvalue weighted by Gasteiger charge is -2.12. The van der Waals surface area contributed by atoms with Gasteiger partial charge in [-0.15, -0.1) is 0 Å². The third-order valence-corrected chi connectivity index (χ3v) is 3.53. The minimum atomic E-state index is -4.58. The molecule has 2 aromatic rings. The Balaban J connectivity index is 2.67. The van der Waals surface area contributed by atoms with Crippen LogP contribution in [-0.4, -0.2) is 18.2 Å². The minimum absolute atomic E-state index is 0.0260. The molecule has 0 amide bonds. The molecule has 0 radical (unpaired) electrons. The molecule has 2 rings (SSSR count). The summed E-state index contributed by atoms with van der Waals surface area (Å²) in [6.45, 7) is 0. The maximum absolute atomic E-state index is 12.6. The van der Waals surface area contributed by atoms with Crippen LogP contribution in [0.3, 0.4) is 0 Å². The number of aromatic amines is 1. The fourth-order valence-corrected chi connectivity index (χ4v) is 2.53. The van der Waals surface area contributed by atoms with Crippen LogP contribution in [0.15, 0.2) is 24.4 Å². The Morgan fingerprint density at radius 1 is 1.15 bits per heavy atom. The van der Waals surface area contributed by atoms with Crippen LogP contribution in [0.4, 0.5) is 13.2 Å². The summed E-state index contributed by atoms with van der Waals surface area (Å²) in [6.07, 6.45) is -3.29. The molecule has 108 valence electrons. The maximum atomic E-state index is 12.6. The molecule has 0 unspecified atom stereocenters. The van der Waals surface area contributed by atoms with E-state index in [2.05, 4.69) is 5.10 Å². The highest BCUT2D eigenvalue weighted by Crippen LogP contribution is 2.37. The van der Waals surface area contributed by atoms with Crippen molar-refractivity contribution in [2.75, 3.05) is 0 Å². The van der Waals surface area contributed by atoms with Gasteiger partial charge in [0.25, 0.3) is 0 Å². The van der Waals surface area contributed by atoms with E-state index in [9.17, 15) is 21.6 Å². The first-order valence-electron chi connectivity index (χ1n) is 4.96. The van der Waals surface area contributed by atoms with Gasteiger partial charge in [-0.1, -0.05) is 23.2 Å². The van der Waals surface area contributed by atoms with E-state index in [1.165, 1.54) is 12.3 Å². The molecule has 0 saturated heterocycles. The van der Waals surface area contributed by atoms with E-state index in [1.807, 2.05) is 0 Å². The Kier molecular flexibility index (Phi) is 3.90. The first-order valence-corrected chi connectivity index (χ1v) is 6.80. The highest BCUT2D eigenvalue weighted by atomic mass is 35.5. The average molecular weight is 345 g/mol. The molecule has 1 aromatic carbocycles. The number of H-pyrrole nitrogens is 1. The normalized spacial score (nSPS) is 11.7. The van der Waals surface area contributed by atoms with Crippen LogP contribution in [0.2, 0.25) is 10.0 Å². The summed E-state index contributed by atoms with van der Waals surface area (Å²) in [6, 6.07) is 2.64. The van der Waals surface area contributed by atoms with E-state index in [0.29, 0.717) is 12.1 Å². The van der Waals surface area contributed by atoms with Gasteiger partial charge in [-0.25, -0.2) is 0 Å². The van der Waals surface area contributed by atoms with Crippen LogP contribution in [0.1, 0.15) is 5.56 Å². The van der Waals surface area contributed by atoms with Crippen molar-refractivity contribution in [3.05, 3.63) is 44.6 Å². The molecular weight excluding hydrogens is 340 g/mol. The SMILES string of the molecule is O=S(=O)=c1ccn(-c2c(Cl)cc(C(F)(F)F)cc2Cl)[nH]1. The quantitative estimate of drug-likeness (QED) is 0.804. The molecule has 10 heteroatoms. The highest BCUT2D eigenvalue weighted by molar-refractivity contribution is 7.63. The molecule has 0 aliphatic heterocycles. The lowest BCUT2D eigenvalue weighted by atomic mass is 10.2. The number of aromatic nitrogens is 2. The first kappa shape index (κ1) is 15.0. The number of nitrogens with zero attached hydrogens (tertiary/aromatic N) is 1. The van der Waals surface area contributed by atoms with E-state index >= 15 is 0 Å². The summed E-state index contributed by atoms with van der Waals surface area (Å²) >= 11 is 11.6. The third kappa shape index (κ3) is 2.87. The van der Waals surface area contributed by atoms with Crippen molar-refractivity contribution in [2.45, 2.75) is 6.18 Å². The third-order valence-electron chi connectivity index (χ3n) is 2.37. The van der Waals surface area contributed by atoms with Crippen molar-refractivity contribution in [3.8, 4) is 5.69 Å². The summed E-state index contributed by atoms with van der Waals surface area (Å²) in [5.41, 5.74) is -0.964. The molecule has 0 atom stereocenters. The molecule has 0 aliphatic carbocycles. The smallest absolute Gasteiger partial charge is 0.280 e. The van der Waals surface area contributed by atoms with Crippen LogP contribution < -0.4 is 0 Å². The Morgan fingerprint density at radius 2 is 1.70 bits per heavy atom. The summed E-state index contributed by atoms with van der Waals surface area (Å²) in [5, 5.41) is 1.89. The predicted octanol–water partition coefficient (Wildman–Crippen LogP) is 3.54. The summed E-state index contributed by atoms with van der Waals surface area (Å²) < 4.78 is 60.2. The average Bonchev–Trinajstić information content (AvgIpc) is 2.76. The van der Waals surface area contributed by atoms with Gasteiger partial charge in [0.15, 0.2) is 4.64 Å². The van der Waals surface area contributed by atoms with E-state index < -0.39 is 22.0 Å². The molecule has 0 aliphatic rings. The second kappa shape index (κ2) is 5.19. The van der Waals surface area contributed by atoms with Crippen LogP contribution in [0.25, 0.3) is 5.69 Å². The second-order valence-electron chi connectivity index (χ2n) is 3.68. The van der Waals surface area contributed by atoms with Gasteiger partial charge in [0.05, 0.1) is 21.3 Å². The van der Waals surface area contributed by atoms with Crippen LogP contribution >= 0.6 is 23.2 Å².